The lowest BCUT2D eigenvalue weighted by atomic mass is 9.66. The fourth-order valence-corrected chi connectivity index (χ4v) is 12.0. The first-order valence-electron chi connectivity index (χ1n) is 22.8. The maximum Gasteiger partial charge on any atom is 0.157 e. The molecule has 0 saturated carbocycles. The molecular weight excluding hydrogens is 805 g/mol. The molecular formula is C60H50N4Si. The summed E-state index contributed by atoms with van der Waals surface area (Å²) < 4.78 is 2.46. The second kappa shape index (κ2) is 17.2. The third kappa shape index (κ3) is 7.19. The van der Waals surface area contributed by atoms with E-state index in [2.05, 4.69) is 229 Å². The largest absolute Gasteiger partial charge is 0.373 e. The summed E-state index contributed by atoms with van der Waals surface area (Å²) >= 11 is 0. The molecule has 0 amide bonds. The number of fused-ring (bicyclic) bond motifs is 5. The summed E-state index contributed by atoms with van der Waals surface area (Å²) in [6.07, 6.45) is 5.84. The van der Waals surface area contributed by atoms with Gasteiger partial charge in [-0.1, -0.05) is 205 Å². The number of rotatable bonds is 9. The van der Waals surface area contributed by atoms with Crippen LogP contribution in [0.1, 0.15) is 52.3 Å². The minimum absolute atomic E-state index is 0.385. The molecule has 9 aromatic rings. The van der Waals surface area contributed by atoms with E-state index < -0.39 is 14.9 Å². The number of amidine groups is 2. The molecule has 4 nitrogen and oxygen atoms in total. The van der Waals surface area contributed by atoms with E-state index in [-0.39, 0.29) is 0 Å². The van der Waals surface area contributed by atoms with Gasteiger partial charge in [0, 0.05) is 34.6 Å². The van der Waals surface area contributed by atoms with Gasteiger partial charge in [0.1, 0.15) is 5.84 Å². The average Bonchev–Trinajstić information content (AvgIpc) is 3.85. The van der Waals surface area contributed by atoms with Gasteiger partial charge >= 0.3 is 0 Å². The van der Waals surface area contributed by atoms with E-state index in [1.165, 1.54) is 65.6 Å². The van der Waals surface area contributed by atoms with Crippen molar-refractivity contribution in [2.75, 3.05) is 7.05 Å². The van der Waals surface area contributed by atoms with Gasteiger partial charge in [-0.05, 0) is 81.6 Å². The van der Waals surface area contributed by atoms with Crippen molar-refractivity contribution < 1.29 is 0 Å². The van der Waals surface area contributed by atoms with Gasteiger partial charge < -0.3 is 9.88 Å². The van der Waals surface area contributed by atoms with Gasteiger partial charge in [-0.2, -0.15) is 0 Å². The number of nitrogens with one attached hydrogen (secondary N) is 1. The smallest absolute Gasteiger partial charge is 0.157 e. The fraction of sp³-hybridized carbons (Fsp3) is 0.100. The number of hydrogen-bond donors (Lipinski definition) is 1. The van der Waals surface area contributed by atoms with Crippen molar-refractivity contribution in [3.8, 4) is 5.69 Å². The minimum atomic E-state index is -0.654. The van der Waals surface area contributed by atoms with Gasteiger partial charge in [0.25, 0.3) is 0 Å². The molecule has 0 fully saturated rings. The average molecular weight is 855 g/mol. The first kappa shape index (κ1) is 40.2. The summed E-state index contributed by atoms with van der Waals surface area (Å²) in [5, 5.41) is 8.72. The Labute approximate surface area is 383 Å². The number of para-hydroxylation sites is 1. The molecule has 0 aliphatic heterocycles. The van der Waals surface area contributed by atoms with Crippen LogP contribution >= 0.6 is 0 Å². The number of benzene rings is 8. The van der Waals surface area contributed by atoms with E-state index in [4.69, 9.17) is 9.98 Å². The van der Waals surface area contributed by atoms with Gasteiger partial charge in [-0.25, -0.2) is 4.99 Å². The molecule has 0 radical (unpaired) electrons. The van der Waals surface area contributed by atoms with Crippen LogP contribution in [0, 0.1) is 5.92 Å². The lowest BCUT2D eigenvalue weighted by molar-refractivity contribution is 0.722. The van der Waals surface area contributed by atoms with Crippen LogP contribution in [0.4, 0.5) is 0 Å². The Morgan fingerprint density at radius 2 is 1.28 bits per heavy atom. The van der Waals surface area contributed by atoms with Gasteiger partial charge in [0.05, 0.1) is 32.5 Å². The third-order valence-electron chi connectivity index (χ3n) is 13.4. The zero-order valence-corrected chi connectivity index (χ0v) is 38.2. The van der Waals surface area contributed by atoms with E-state index in [1.54, 1.807) is 0 Å². The van der Waals surface area contributed by atoms with Gasteiger partial charge in [0.15, 0.2) is 5.84 Å². The van der Waals surface area contributed by atoms with Crippen LogP contribution in [-0.4, -0.2) is 32.8 Å². The molecule has 2 aliphatic carbocycles. The fourth-order valence-electron chi connectivity index (χ4n) is 10.5. The van der Waals surface area contributed by atoms with Crippen LogP contribution in [0.25, 0.3) is 33.1 Å². The summed E-state index contributed by atoms with van der Waals surface area (Å²) in [6, 6.07) is 75.1. The zero-order valence-electron chi connectivity index (χ0n) is 36.8. The topological polar surface area (TPSA) is 41.7 Å². The van der Waals surface area contributed by atoms with Crippen molar-refractivity contribution in [3.63, 3.8) is 0 Å². The van der Waals surface area contributed by atoms with Crippen molar-refractivity contribution in [2.24, 2.45) is 15.9 Å². The third-order valence-corrected chi connectivity index (χ3v) is 15.1. The molecule has 0 bridgehead atoms. The Balaban J connectivity index is 1.10. The summed E-state index contributed by atoms with van der Waals surface area (Å²) in [7, 11) is 1.30. The van der Waals surface area contributed by atoms with E-state index in [0.717, 1.165) is 34.6 Å². The standard InChI is InChI=1S/C60H50N4Si/c1-41-20-17-34-53-57(41)52-38-51-50-33-15-16-35-55(50)64(56(51)39-54(52)60(53,45-25-9-4-10-26-45)46-27-11-5-12-28-46)47-29-18-23-43(36-47)59(62-40-42-21-7-3-8-22-42)63-58(61-2)44-24-19-32-49(37-44)65-48-30-13-6-14-31-48/h3-19,21-39,41H,20,40,65H2,1-2H3,(H,61,62,63). The van der Waals surface area contributed by atoms with Crippen LogP contribution in [0.5, 0.6) is 0 Å². The second-order valence-electron chi connectivity index (χ2n) is 17.4. The molecule has 1 N–H and O–H groups in total. The number of aromatic nitrogens is 1. The van der Waals surface area contributed by atoms with Crippen LogP contribution in [-0.2, 0) is 12.0 Å². The van der Waals surface area contributed by atoms with Gasteiger partial charge in [0.2, 0.25) is 0 Å². The highest BCUT2D eigenvalue weighted by atomic mass is 28.2. The van der Waals surface area contributed by atoms with E-state index in [1.807, 2.05) is 13.1 Å². The predicted octanol–water partition coefficient (Wildman–Crippen LogP) is 11.2. The predicted molar refractivity (Wildman–Crippen MR) is 276 cm³/mol. The maximum atomic E-state index is 5.38. The molecule has 1 atom stereocenters. The van der Waals surface area contributed by atoms with Gasteiger partial charge in [-0.15, -0.1) is 0 Å². The number of nitrogens with zero attached hydrogens (tertiary/aromatic N) is 3. The number of hydrogen-bond acceptors (Lipinski definition) is 1. The molecule has 11 rings (SSSR count). The lowest BCUT2D eigenvalue weighted by Crippen LogP contribution is -2.29. The molecule has 314 valence electrons. The Morgan fingerprint density at radius 1 is 0.631 bits per heavy atom. The second-order valence-corrected chi connectivity index (χ2v) is 19.4. The SMILES string of the molecule is CN/C(=N\C(=N/Cc1ccccc1)c1cccc(-n2c3ccccc3c3cc4c(cc32)C(c2ccccc2)(c2ccccc2)C2=C4C(C)CC=C2)c1)c1cccc([SiH2]c2ccccc2)c1. The molecule has 0 saturated heterocycles. The van der Waals surface area contributed by atoms with Crippen LogP contribution in [0.3, 0.4) is 0 Å². The summed E-state index contributed by atoms with van der Waals surface area (Å²) in [4.78, 5) is 10.7. The highest BCUT2D eigenvalue weighted by molar-refractivity contribution is 6.67. The van der Waals surface area contributed by atoms with Crippen molar-refractivity contribution >= 4 is 58.9 Å². The molecule has 1 aromatic heterocycles. The van der Waals surface area contributed by atoms with E-state index in [0.29, 0.717) is 18.3 Å². The first-order valence-corrected chi connectivity index (χ1v) is 24.2. The summed E-state index contributed by atoms with van der Waals surface area (Å²) in [6.45, 7) is 2.91. The van der Waals surface area contributed by atoms with Crippen LogP contribution in [0.15, 0.2) is 234 Å². The Hall–Kier alpha value is -7.60. The summed E-state index contributed by atoms with van der Waals surface area (Å²) in [5.74, 6) is 1.85. The Kier molecular flexibility index (Phi) is 10.6. The molecule has 2 aliphatic rings. The molecule has 0 spiro atoms. The normalized spacial score (nSPS) is 15.8. The van der Waals surface area contributed by atoms with Crippen molar-refractivity contribution in [1.29, 1.82) is 0 Å². The first-order chi connectivity index (χ1) is 32.1. The number of aliphatic imine (C=N–C) groups is 2. The Bertz CT molecular complexity index is 3290. The summed E-state index contributed by atoms with van der Waals surface area (Å²) in [5.41, 5.74) is 14.2. The molecule has 8 aromatic carbocycles. The highest BCUT2D eigenvalue weighted by Crippen LogP contribution is 2.59. The van der Waals surface area contributed by atoms with Crippen LogP contribution in [0.2, 0.25) is 0 Å². The molecule has 5 heteroatoms. The van der Waals surface area contributed by atoms with Gasteiger partial charge in [-0.3, -0.25) is 4.99 Å². The molecule has 1 unspecified atom stereocenters. The zero-order chi connectivity index (χ0) is 43.7. The lowest BCUT2D eigenvalue weighted by Gasteiger charge is -2.35. The van der Waals surface area contributed by atoms with E-state index in [9.17, 15) is 0 Å². The van der Waals surface area contributed by atoms with Crippen molar-refractivity contribution in [1.82, 2.24) is 9.88 Å². The monoisotopic (exact) mass is 854 g/mol. The quantitative estimate of drug-likeness (QED) is 0.0877. The van der Waals surface area contributed by atoms with Crippen molar-refractivity contribution in [3.05, 3.63) is 263 Å². The van der Waals surface area contributed by atoms with E-state index >= 15 is 0 Å². The molecule has 1 heterocycles. The maximum absolute atomic E-state index is 5.38. The number of allylic oxidation sites excluding steroid dienone is 4. The molecule has 65 heavy (non-hydrogen) atoms. The van der Waals surface area contributed by atoms with Crippen LogP contribution < -0.4 is 15.7 Å². The minimum Gasteiger partial charge on any atom is -0.373 e. The van der Waals surface area contributed by atoms with Crippen molar-refractivity contribution in [2.45, 2.75) is 25.3 Å². The Morgan fingerprint density at radius 3 is 2.02 bits per heavy atom. The highest BCUT2D eigenvalue weighted by Gasteiger charge is 2.48.